The molecule has 1 aliphatic heterocycles. The van der Waals surface area contributed by atoms with Crippen molar-refractivity contribution in [3.05, 3.63) is 0 Å². The van der Waals surface area contributed by atoms with E-state index < -0.39 is 0 Å². The average molecular weight is 268 g/mol. The molecule has 0 amide bonds. The molecule has 1 aliphatic carbocycles. The van der Waals surface area contributed by atoms with Gasteiger partial charge in [0.25, 0.3) is 0 Å². The van der Waals surface area contributed by atoms with Gasteiger partial charge in [-0.1, -0.05) is 25.7 Å². The highest BCUT2D eigenvalue weighted by molar-refractivity contribution is 4.77. The van der Waals surface area contributed by atoms with Crippen LogP contribution in [0.3, 0.4) is 0 Å². The molecule has 2 rings (SSSR count). The Balaban J connectivity index is 1.78. The maximum absolute atomic E-state index is 5.77. The lowest BCUT2D eigenvalue weighted by Gasteiger charge is -2.32. The first-order valence-electron chi connectivity index (χ1n) is 8.46. The van der Waals surface area contributed by atoms with Crippen molar-refractivity contribution >= 4 is 0 Å². The normalized spacial score (nSPS) is 25.9. The summed E-state index contributed by atoms with van der Waals surface area (Å²) < 4.78 is 5.77. The van der Waals surface area contributed by atoms with Crippen LogP contribution in [0.4, 0.5) is 0 Å². The van der Waals surface area contributed by atoms with Crippen LogP contribution in [0.25, 0.3) is 0 Å². The molecule has 1 saturated carbocycles. The van der Waals surface area contributed by atoms with Gasteiger partial charge in [-0.2, -0.15) is 0 Å². The van der Waals surface area contributed by atoms with E-state index in [9.17, 15) is 0 Å². The van der Waals surface area contributed by atoms with Crippen LogP contribution in [0.15, 0.2) is 0 Å². The van der Waals surface area contributed by atoms with Gasteiger partial charge in [0.2, 0.25) is 0 Å². The first kappa shape index (κ1) is 15.3. The molecule has 1 atom stereocenters. The SMILES string of the molecule is NCCCN(CCC1CCCO1)C1CCCCCC1. The second-order valence-electron chi connectivity index (χ2n) is 6.25. The Morgan fingerprint density at radius 3 is 2.37 bits per heavy atom. The van der Waals surface area contributed by atoms with Crippen molar-refractivity contribution in [3.8, 4) is 0 Å². The molecule has 1 saturated heterocycles. The Labute approximate surface area is 118 Å². The van der Waals surface area contributed by atoms with E-state index in [1.54, 1.807) is 0 Å². The predicted molar refractivity (Wildman–Crippen MR) is 80.3 cm³/mol. The smallest absolute Gasteiger partial charge is 0.0588 e. The zero-order chi connectivity index (χ0) is 13.3. The molecule has 1 heterocycles. The van der Waals surface area contributed by atoms with E-state index in [-0.39, 0.29) is 0 Å². The molecule has 19 heavy (non-hydrogen) atoms. The lowest BCUT2D eigenvalue weighted by atomic mass is 10.1. The highest BCUT2D eigenvalue weighted by Crippen LogP contribution is 2.23. The van der Waals surface area contributed by atoms with Crippen molar-refractivity contribution in [1.29, 1.82) is 0 Å². The molecule has 0 radical (unpaired) electrons. The van der Waals surface area contributed by atoms with E-state index in [1.807, 2.05) is 0 Å². The maximum Gasteiger partial charge on any atom is 0.0588 e. The number of nitrogens with two attached hydrogens (primary N) is 1. The van der Waals surface area contributed by atoms with Crippen molar-refractivity contribution in [2.75, 3.05) is 26.2 Å². The second kappa shape index (κ2) is 8.93. The fourth-order valence-electron chi connectivity index (χ4n) is 3.58. The van der Waals surface area contributed by atoms with Gasteiger partial charge in [0.15, 0.2) is 0 Å². The van der Waals surface area contributed by atoms with Gasteiger partial charge < -0.3 is 15.4 Å². The van der Waals surface area contributed by atoms with Crippen LogP contribution in [0.2, 0.25) is 0 Å². The standard InChI is InChI=1S/C16H32N2O/c17-11-6-12-18(13-10-16-9-5-14-19-16)15-7-3-1-2-4-8-15/h15-16H,1-14,17H2. The van der Waals surface area contributed by atoms with E-state index >= 15 is 0 Å². The van der Waals surface area contributed by atoms with Crippen LogP contribution >= 0.6 is 0 Å². The fraction of sp³-hybridized carbons (Fsp3) is 1.00. The molecule has 2 N–H and O–H groups in total. The van der Waals surface area contributed by atoms with E-state index in [4.69, 9.17) is 10.5 Å². The zero-order valence-corrected chi connectivity index (χ0v) is 12.5. The molecule has 0 aromatic rings. The summed E-state index contributed by atoms with van der Waals surface area (Å²) in [6, 6.07) is 0.815. The summed E-state index contributed by atoms with van der Waals surface area (Å²) in [5.41, 5.74) is 5.70. The number of ether oxygens (including phenoxy) is 1. The van der Waals surface area contributed by atoms with Crippen LogP contribution in [-0.2, 0) is 4.74 Å². The third-order valence-corrected chi connectivity index (χ3v) is 4.75. The number of nitrogens with zero attached hydrogens (tertiary/aromatic N) is 1. The summed E-state index contributed by atoms with van der Waals surface area (Å²) >= 11 is 0. The van der Waals surface area contributed by atoms with Gasteiger partial charge >= 0.3 is 0 Å². The van der Waals surface area contributed by atoms with Crippen molar-refractivity contribution in [2.45, 2.75) is 76.4 Å². The lowest BCUT2D eigenvalue weighted by molar-refractivity contribution is 0.0815. The Hall–Kier alpha value is -0.120. The second-order valence-corrected chi connectivity index (χ2v) is 6.25. The van der Waals surface area contributed by atoms with Crippen LogP contribution in [0, 0.1) is 0 Å². The first-order valence-corrected chi connectivity index (χ1v) is 8.46. The summed E-state index contributed by atoms with van der Waals surface area (Å²) in [6.07, 6.45) is 13.9. The molecule has 1 unspecified atom stereocenters. The number of rotatable bonds is 7. The Morgan fingerprint density at radius 1 is 0.947 bits per heavy atom. The molecule has 0 bridgehead atoms. The van der Waals surface area contributed by atoms with Gasteiger partial charge in [0.1, 0.15) is 0 Å². The molecular weight excluding hydrogens is 236 g/mol. The minimum absolute atomic E-state index is 0.533. The highest BCUT2D eigenvalue weighted by atomic mass is 16.5. The van der Waals surface area contributed by atoms with Crippen molar-refractivity contribution in [3.63, 3.8) is 0 Å². The molecule has 0 aromatic carbocycles. The van der Waals surface area contributed by atoms with Crippen LogP contribution < -0.4 is 5.73 Å². The summed E-state index contributed by atoms with van der Waals surface area (Å²) in [5.74, 6) is 0. The summed E-state index contributed by atoms with van der Waals surface area (Å²) in [7, 11) is 0. The van der Waals surface area contributed by atoms with Gasteiger partial charge in [-0.25, -0.2) is 0 Å². The zero-order valence-electron chi connectivity index (χ0n) is 12.5. The van der Waals surface area contributed by atoms with Crippen LogP contribution in [0.5, 0.6) is 0 Å². The molecule has 0 aromatic heterocycles. The van der Waals surface area contributed by atoms with Gasteiger partial charge in [-0.15, -0.1) is 0 Å². The van der Waals surface area contributed by atoms with Crippen LogP contribution in [-0.4, -0.2) is 43.3 Å². The summed E-state index contributed by atoms with van der Waals surface area (Å²) in [6.45, 7) is 4.21. The van der Waals surface area contributed by atoms with E-state index in [2.05, 4.69) is 4.90 Å². The number of hydrogen-bond acceptors (Lipinski definition) is 3. The van der Waals surface area contributed by atoms with Gasteiger partial charge in [-0.05, 0) is 51.6 Å². The summed E-state index contributed by atoms with van der Waals surface area (Å²) in [4.78, 5) is 2.72. The Morgan fingerprint density at radius 2 is 1.74 bits per heavy atom. The first-order chi connectivity index (χ1) is 9.40. The summed E-state index contributed by atoms with van der Waals surface area (Å²) in [5, 5.41) is 0. The van der Waals surface area contributed by atoms with Crippen molar-refractivity contribution in [2.24, 2.45) is 5.73 Å². The molecule has 0 spiro atoms. The van der Waals surface area contributed by atoms with E-state index in [0.717, 1.165) is 25.6 Å². The monoisotopic (exact) mass is 268 g/mol. The third-order valence-electron chi connectivity index (χ3n) is 4.75. The highest BCUT2D eigenvalue weighted by Gasteiger charge is 2.22. The van der Waals surface area contributed by atoms with E-state index in [0.29, 0.717) is 6.10 Å². The molecule has 2 fully saturated rings. The largest absolute Gasteiger partial charge is 0.378 e. The Kier molecular flexibility index (Phi) is 7.18. The average Bonchev–Trinajstić information content (AvgIpc) is 2.80. The molecular formula is C16H32N2O. The quantitative estimate of drug-likeness (QED) is 0.722. The topological polar surface area (TPSA) is 38.5 Å². The van der Waals surface area contributed by atoms with E-state index in [1.165, 1.54) is 70.9 Å². The van der Waals surface area contributed by atoms with Crippen molar-refractivity contribution in [1.82, 2.24) is 4.90 Å². The molecule has 3 heteroatoms. The van der Waals surface area contributed by atoms with Gasteiger partial charge in [0.05, 0.1) is 6.10 Å². The van der Waals surface area contributed by atoms with Crippen molar-refractivity contribution < 1.29 is 4.74 Å². The number of hydrogen-bond donors (Lipinski definition) is 1. The Bertz CT molecular complexity index is 221. The minimum Gasteiger partial charge on any atom is -0.378 e. The predicted octanol–water partition coefficient (Wildman–Crippen LogP) is 2.93. The van der Waals surface area contributed by atoms with Crippen LogP contribution in [0.1, 0.15) is 64.2 Å². The van der Waals surface area contributed by atoms with Gasteiger partial charge in [0, 0.05) is 19.2 Å². The molecule has 112 valence electrons. The fourth-order valence-corrected chi connectivity index (χ4v) is 3.58. The third kappa shape index (κ3) is 5.41. The minimum atomic E-state index is 0.533. The van der Waals surface area contributed by atoms with Gasteiger partial charge in [-0.3, -0.25) is 0 Å². The maximum atomic E-state index is 5.77. The molecule has 2 aliphatic rings. The molecule has 3 nitrogen and oxygen atoms in total. The lowest BCUT2D eigenvalue weighted by Crippen LogP contribution is -2.38.